The zero-order valence-corrected chi connectivity index (χ0v) is 43.5. The maximum atomic E-state index is 15.3. The van der Waals surface area contributed by atoms with Gasteiger partial charge in [-0.15, -0.1) is 0 Å². The number of hydrogen-bond donors (Lipinski definition) is 1. The van der Waals surface area contributed by atoms with Crippen LogP contribution in [0.3, 0.4) is 0 Å². The third kappa shape index (κ3) is 9.12. The molecule has 0 aromatic heterocycles. The average Bonchev–Trinajstić information content (AvgIpc) is 3.94. The van der Waals surface area contributed by atoms with Crippen molar-refractivity contribution in [2.24, 2.45) is 79.8 Å². The van der Waals surface area contributed by atoms with E-state index in [0.29, 0.717) is 67.0 Å². The largest absolute Gasteiger partial charge is 0.462 e. The number of amides is 2. The van der Waals surface area contributed by atoms with Crippen molar-refractivity contribution in [2.75, 3.05) is 52.5 Å². The molecule has 9 rings (SSSR count). The first-order valence-corrected chi connectivity index (χ1v) is 27.6. The molecule has 2 amide bonds. The predicted molar refractivity (Wildman–Crippen MR) is 265 cm³/mol. The van der Waals surface area contributed by atoms with Crippen LogP contribution < -0.4 is 5.32 Å². The molecule has 0 radical (unpaired) electrons. The van der Waals surface area contributed by atoms with Crippen LogP contribution in [0.5, 0.6) is 0 Å². The van der Waals surface area contributed by atoms with E-state index in [1.807, 2.05) is 44.2 Å². The van der Waals surface area contributed by atoms with Gasteiger partial charge in [0.25, 0.3) is 0 Å². The zero-order chi connectivity index (χ0) is 48.3. The highest BCUT2D eigenvalue weighted by Crippen LogP contribution is 2.75. The molecule has 1 N–H and O–H groups in total. The molecule has 6 saturated carbocycles. The quantitative estimate of drug-likeness (QED) is 0.184. The minimum absolute atomic E-state index is 0.0164. The first-order valence-electron chi connectivity index (χ1n) is 27.6. The van der Waals surface area contributed by atoms with E-state index in [2.05, 4.69) is 56.7 Å². The number of hydrogen-bond acceptors (Lipinski definition) is 8. The van der Waals surface area contributed by atoms with Crippen LogP contribution in [0.25, 0.3) is 0 Å². The van der Waals surface area contributed by atoms with Gasteiger partial charge in [0.05, 0.1) is 30.5 Å². The maximum Gasteiger partial charge on any atom is 0.309 e. The molecule has 0 spiro atoms. The van der Waals surface area contributed by atoms with Crippen LogP contribution in [0.1, 0.15) is 164 Å². The number of rotatable bonds is 14. The number of nitrogens with zero attached hydrogens (tertiary/aromatic N) is 2. The van der Waals surface area contributed by atoms with Crippen molar-refractivity contribution in [2.45, 2.75) is 171 Å². The van der Waals surface area contributed by atoms with Crippen LogP contribution in [0.15, 0.2) is 30.3 Å². The van der Waals surface area contributed by atoms with Crippen molar-refractivity contribution in [3.8, 4) is 0 Å². The van der Waals surface area contributed by atoms with Crippen LogP contribution in [-0.4, -0.2) is 92.1 Å². The summed E-state index contributed by atoms with van der Waals surface area (Å²) in [5.74, 6) is 2.09. The van der Waals surface area contributed by atoms with Gasteiger partial charge < -0.3 is 24.4 Å². The fourth-order valence-corrected chi connectivity index (χ4v) is 16.6. The predicted octanol–water partition coefficient (Wildman–Crippen LogP) is 10.3. The summed E-state index contributed by atoms with van der Waals surface area (Å²) >= 11 is 0. The fraction of sp³-hybridized carbons (Fsp3) is 0.828. The second kappa shape index (κ2) is 19.2. The summed E-state index contributed by atoms with van der Waals surface area (Å²) in [7, 11) is 0. The zero-order valence-electron chi connectivity index (χ0n) is 43.5. The third-order valence-electron chi connectivity index (χ3n) is 22.0. The molecule has 8 aliphatic rings. The lowest BCUT2D eigenvalue weighted by atomic mass is 9.40. The highest BCUT2D eigenvalue weighted by molar-refractivity contribution is 5.85. The third-order valence-corrected chi connectivity index (χ3v) is 22.0. The van der Waals surface area contributed by atoms with Crippen molar-refractivity contribution in [3.05, 3.63) is 35.9 Å². The molecule has 2 aliphatic heterocycles. The lowest BCUT2D eigenvalue weighted by molar-refractivity contribution is -0.192. The molecule has 11 atom stereocenters. The van der Waals surface area contributed by atoms with Crippen LogP contribution in [0.4, 0.5) is 0 Å². The van der Waals surface area contributed by atoms with Crippen molar-refractivity contribution < 1.29 is 33.4 Å². The van der Waals surface area contributed by atoms with E-state index < -0.39 is 5.41 Å². The second-order valence-corrected chi connectivity index (χ2v) is 26.0. The SMILES string of the molecule is CC1CCC(OC(=O)C2CC(C(=O)OCc3ccccc3)C2(C)C)C(C)(C)C1CCC1(C)CCCC2C3C(C4(C)CC4)CCC3(C(=O)N3CCC(C(=O)NCCN4CCOCC4)CC3)CCC21C. The maximum absolute atomic E-state index is 15.3. The molecular weight excluding hydrogens is 851 g/mol. The van der Waals surface area contributed by atoms with Gasteiger partial charge in [0, 0.05) is 50.6 Å². The van der Waals surface area contributed by atoms with Gasteiger partial charge in [0.2, 0.25) is 11.8 Å². The van der Waals surface area contributed by atoms with Crippen LogP contribution in [0.2, 0.25) is 0 Å². The Morgan fingerprint density at radius 2 is 1.46 bits per heavy atom. The van der Waals surface area contributed by atoms with Gasteiger partial charge in [-0.2, -0.15) is 0 Å². The van der Waals surface area contributed by atoms with Crippen molar-refractivity contribution >= 4 is 23.8 Å². The number of morpholine rings is 1. The number of esters is 2. The standard InChI is InChI=1S/C58H89N3O7/c1-39-16-17-47(68-51(64)46-37-45(53(46,2)3)50(63)67-38-40-13-10-9-11-14-40)54(4,5)42(39)18-23-56(7)22-12-15-44-48-43(55(6)25-26-55)19-24-58(48,28-27-57(44,56)8)52(65)61-30-20-41(21-31-61)49(62)59-29-32-60-33-35-66-36-34-60/h9-11,13-14,39,41-48H,12,15-38H2,1-8H3,(H,59,62). The summed E-state index contributed by atoms with van der Waals surface area (Å²) in [4.78, 5) is 60.5. The smallest absolute Gasteiger partial charge is 0.309 e. The minimum Gasteiger partial charge on any atom is -0.462 e. The molecule has 1 aromatic rings. The molecule has 1 aromatic carbocycles. The van der Waals surface area contributed by atoms with Crippen LogP contribution in [-0.2, 0) is 40.0 Å². The van der Waals surface area contributed by atoms with E-state index in [-0.39, 0.29) is 70.0 Å². The van der Waals surface area contributed by atoms with E-state index in [0.717, 1.165) is 89.8 Å². The summed E-state index contributed by atoms with van der Waals surface area (Å²) in [6.07, 6.45) is 16.7. The van der Waals surface area contributed by atoms with Gasteiger partial charge in [0.15, 0.2) is 0 Å². The number of benzene rings is 1. The lowest BCUT2D eigenvalue weighted by Gasteiger charge is -2.64. The summed E-state index contributed by atoms with van der Waals surface area (Å²) in [6, 6.07) is 9.76. The molecule has 2 heterocycles. The van der Waals surface area contributed by atoms with E-state index in [9.17, 15) is 14.4 Å². The molecule has 68 heavy (non-hydrogen) atoms. The molecule has 10 nitrogen and oxygen atoms in total. The molecular formula is C58H89N3O7. The number of carbonyl (C=O) groups excluding carboxylic acids is 4. The Morgan fingerprint density at radius 3 is 2.15 bits per heavy atom. The normalized spacial score (nSPS) is 38.6. The minimum atomic E-state index is -0.520. The van der Waals surface area contributed by atoms with Crippen molar-refractivity contribution in [3.63, 3.8) is 0 Å². The molecule has 378 valence electrons. The van der Waals surface area contributed by atoms with E-state index >= 15 is 4.79 Å². The van der Waals surface area contributed by atoms with Gasteiger partial charge >= 0.3 is 11.9 Å². The number of ether oxygens (including phenoxy) is 3. The molecule has 0 bridgehead atoms. The first kappa shape index (κ1) is 50.0. The van der Waals surface area contributed by atoms with E-state index in [1.54, 1.807) is 0 Å². The highest BCUT2D eigenvalue weighted by Gasteiger charge is 2.70. The average molecular weight is 940 g/mol. The summed E-state index contributed by atoms with van der Waals surface area (Å²) in [5, 5.41) is 3.23. The number of piperidine rings is 1. The Bertz CT molecular complexity index is 1990. The Balaban J connectivity index is 0.834. The monoisotopic (exact) mass is 940 g/mol. The Morgan fingerprint density at radius 1 is 0.750 bits per heavy atom. The Labute approximate surface area is 409 Å². The van der Waals surface area contributed by atoms with E-state index in [1.165, 1.54) is 44.9 Å². The molecule has 11 unspecified atom stereocenters. The molecule has 10 heteroatoms. The number of carbonyl (C=O) groups is 4. The summed E-state index contributed by atoms with van der Waals surface area (Å²) in [5.41, 5.74) is 0.666. The summed E-state index contributed by atoms with van der Waals surface area (Å²) in [6.45, 7) is 25.6. The highest BCUT2D eigenvalue weighted by atomic mass is 16.5. The van der Waals surface area contributed by atoms with Crippen molar-refractivity contribution in [1.29, 1.82) is 0 Å². The van der Waals surface area contributed by atoms with Gasteiger partial charge in [-0.1, -0.05) is 92.1 Å². The second-order valence-electron chi connectivity index (χ2n) is 26.0. The molecule has 8 fully saturated rings. The summed E-state index contributed by atoms with van der Waals surface area (Å²) < 4.78 is 17.8. The number of nitrogens with one attached hydrogen (secondary N) is 1. The van der Waals surface area contributed by atoms with E-state index in [4.69, 9.17) is 14.2 Å². The lowest BCUT2D eigenvalue weighted by Crippen LogP contribution is -2.61. The van der Waals surface area contributed by atoms with Gasteiger partial charge in [-0.25, -0.2) is 0 Å². The Kier molecular flexibility index (Phi) is 14.1. The number of likely N-dealkylation sites (tertiary alicyclic amines) is 1. The molecule has 6 aliphatic carbocycles. The fourth-order valence-electron chi connectivity index (χ4n) is 16.6. The Hall–Kier alpha value is -2.98. The number of fused-ring (bicyclic) bond motifs is 3. The molecule has 2 saturated heterocycles. The van der Waals surface area contributed by atoms with Crippen molar-refractivity contribution in [1.82, 2.24) is 15.1 Å². The first-order chi connectivity index (χ1) is 32.3. The van der Waals surface area contributed by atoms with Gasteiger partial charge in [-0.3, -0.25) is 24.1 Å². The topological polar surface area (TPSA) is 114 Å². The van der Waals surface area contributed by atoms with Gasteiger partial charge in [-0.05, 0) is 153 Å². The van der Waals surface area contributed by atoms with Gasteiger partial charge in [0.1, 0.15) is 12.7 Å². The van der Waals surface area contributed by atoms with Crippen LogP contribution >= 0.6 is 0 Å². The van der Waals surface area contributed by atoms with Crippen LogP contribution in [0, 0.1) is 79.8 Å².